The summed E-state index contributed by atoms with van der Waals surface area (Å²) >= 11 is 4.93. The molecule has 1 amide bonds. The molecule has 33 heavy (non-hydrogen) atoms. The summed E-state index contributed by atoms with van der Waals surface area (Å²) in [6, 6.07) is 4.93. The molecule has 1 aromatic heterocycles. The molecule has 9 nitrogen and oxygen atoms in total. The summed E-state index contributed by atoms with van der Waals surface area (Å²) in [5.41, 5.74) is 2.57. The highest BCUT2D eigenvalue weighted by molar-refractivity contribution is 7.80. The van der Waals surface area contributed by atoms with Crippen molar-refractivity contribution in [2.75, 3.05) is 26.8 Å². The molecular weight excluding hydrogens is 449 g/mol. The molecule has 1 atom stereocenters. The Bertz CT molecular complexity index is 1090. The molecule has 11 heteroatoms. The first-order valence-electron chi connectivity index (χ1n) is 10.6. The zero-order valence-electron chi connectivity index (χ0n) is 18.7. The molecule has 1 saturated heterocycles. The number of nitrogens with zero attached hydrogens (tertiary/aromatic N) is 4. The topological polar surface area (TPSA) is 90.7 Å². The highest BCUT2D eigenvalue weighted by Gasteiger charge is 2.39. The van der Waals surface area contributed by atoms with Crippen molar-refractivity contribution < 1.29 is 23.4 Å². The van der Waals surface area contributed by atoms with E-state index in [4.69, 9.17) is 26.4 Å². The van der Waals surface area contributed by atoms with Crippen LogP contribution in [0.25, 0.3) is 11.3 Å². The van der Waals surface area contributed by atoms with Gasteiger partial charge >= 0.3 is 0 Å². The highest BCUT2D eigenvalue weighted by atomic mass is 32.1. The molecule has 0 aliphatic carbocycles. The summed E-state index contributed by atoms with van der Waals surface area (Å²) in [5, 5.41) is 11.2. The van der Waals surface area contributed by atoms with Crippen LogP contribution in [0.5, 0.6) is 0 Å². The molecule has 0 unspecified atom stereocenters. The van der Waals surface area contributed by atoms with Gasteiger partial charge in [-0.1, -0.05) is 11.3 Å². The zero-order chi connectivity index (χ0) is 23.6. The van der Waals surface area contributed by atoms with Crippen LogP contribution in [0.1, 0.15) is 31.5 Å². The summed E-state index contributed by atoms with van der Waals surface area (Å²) in [6.07, 6.45) is 3.54. The van der Waals surface area contributed by atoms with Crippen molar-refractivity contribution in [3.8, 4) is 5.69 Å². The minimum Gasteiger partial charge on any atom is -0.474 e. The molecule has 0 bridgehead atoms. The average molecular weight is 476 g/mol. The number of nitrogens with one attached hydrogen (secondary N) is 1. The molecule has 1 aromatic carbocycles. The Kier molecular flexibility index (Phi) is 6.73. The molecule has 0 radical (unpaired) electrons. The molecule has 1 fully saturated rings. The third-order valence-electron chi connectivity index (χ3n) is 5.51. The third kappa shape index (κ3) is 5.37. The van der Waals surface area contributed by atoms with Crippen molar-refractivity contribution in [3.63, 3.8) is 0 Å². The number of carbonyl (C=O) groups excluding carboxylic acids is 1. The minimum atomic E-state index is -0.750. The molecule has 3 heterocycles. The summed E-state index contributed by atoms with van der Waals surface area (Å²) in [6.45, 7) is 5.07. The SMILES string of the molecule is COC(=S)NCc1cn(-c2ccc(C3=CCN(C(=O)[C@@H]4COC(C)(C)O4)CC3)c(F)c2)nn1. The monoisotopic (exact) mass is 475 g/mol. The number of benzene rings is 1. The zero-order valence-corrected chi connectivity index (χ0v) is 19.5. The van der Waals surface area contributed by atoms with E-state index >= 15 is 0 Å². The predicted octanol–water partition coefficient (Wildman–Crippen LogP) is 2.19. The lowest BCUT2D eigenvalue weighted by Gasteiger charge is -2.29. The van der Waals surface area contributed by atoms with Gasteiger partial charge in [0.2, 0.25) is 0 Å². The molecule has 4 rings (SSSR count). The van der Waals surface area contributed by atoms with Gasteiger partial charge in [0.05, 0.1) is 32.1 Å². The smallest absolute Gasteiger partial charge is 0.256 e. The fraction of sp³-hybridized carbons (Fsp3) is 0.455. The fourth-order valence-corrected chi connectivity index (χ4v) is 3.85. The molecular formula is C22H26FN5O4S. The van der Waals surface area contributed by atoms with E-state index in [1.165, 1.54) is 17.9 Å². The number of rotatable bonds is 5. The van der Waals surface area contributed by atoms with E-state index in [-0.39, 0.29) is 23.5 Å². The Hall–Kier alpha value is -2.89. The van der Waals surface area contributed by atoms with E-state index in [9.17, 15) is 9.18 Å². The van der Waals surface area contributed by atoms with Crippen LogP contribution in [0.15, 0.2) is 30.5 Å². The second-order valence-corrected chi connectivity index (χ2v) is 8.62. The first kappa shape index (κ1) is 23.3. The van der Waals surface area contributed by atoms with E-state index in [0.717, 1.165) is 5.57 Å². The molecule has 2 aromatic rings. The number of hydrogen-bond donors (Lipinski definition) is 1. The van der Waals surface area contributed by atoms with E-state index in [1.54, 1.807) is 37.1 Å². The molecule has 2 aliphatic heterocycles. The molecule has 176 valence electrons. The lowest BCUT2D eigenvalue weighted by molar-refractivity contribution is -0.159. The third-order valence-corrected chi connectivity index (χ3v) is 5.82. The number of methoxy groups -OCH3 is 1. The Morgan fingerprint density at radius 3 is 2.88 bits per heavy atom. The maximum atomic E-state index is 14.9. The minimum absolute atomic E-state index is 0.102. The maximum absolute atomic E-state index is 14.9. The number of ether oxygens (including phenoxy) is 3. The maximum Gasteiger partial charge on any atom is 0.256 e. The first-order valence-corrected chi connectivity index (χ1v) is 11.0. The van der Waals surface area contributed by atoms with Crippen molar-refractivity contribution in [1.29, 1.82) is 0 Å². The van der Waals surface area contributed by atoms with Crippen LogP contribution in [-0.2, 0) is 25.5 Å². The average Bonchev–Trinajstić information content (AvgIpc) is 3.43. The van der Waals surface area contributed by atoms with E-state index in [2.05, 4.69) is 15.6 Å². The van der Waals surface area contributed by atoms with Gasteiger partial charge in [-0.3, -0.25) is 4.79 Å². The van der Waals surface area contributed by atoms with Gasteiger partial charge in [0.15, 0.2) is 11.9 Å². The standard InChI is InChI=1S/C22H26FN5O4S/c1-22(2)31-13-19(32-22)20(29)27-8-6-14(7-9-27)17-5-4-16(10-18(17)23)28-12-15(25-26-28)11-24-21(33)30-3/h4-6,10,12,19H,7-9,11,13H2,1-3H3,(H,24,33)/t19-/m0/s1. The summed E-state index contributed by atoms with van der Waals surface area (Å²) in [5.74, 6) is -1.21. The summed E-state index contributed by atoms with van der Waals surface area (Å²) in [7, 11) is 1.48. The van der Waals surface area contributed by atoms with E-state index in [1.807, 2.05) is 6.08 Å². The highest BCUT2D eigenvalue weighted by Crippen LogP contribution is 2.28. The normalized spacial score (nSPS) is 19.8. The van der Waals surface area contributed by atoms with E-state index < -0.39 is 11.9 Å². The number of thiocarbonyl (C=S) groups is 1. The quantitative estimate of drug-likeness (QED) is 0.659. The van der Waals surface area contributed by atoms with Gasteiger partial charge in [0, 0.05) is 24.7 Å². The largest absolute Gasteiger partial charge is 0.474 e. The van der Waals surface area contributed by atoms with Crippen LogP contribution < -0.4 is 5.32 Å². The predicted molar refractivity (Wildman–Crippen MR) is 122 cm³/mol. The van der Waals surface area contributed by atoms with Gasteiger partial charge in [0.25, 0.3) is 11.1 Å². The Morgan fingerprint density at radius 1 is 1.42 bits per heavy atom. The van der Waals surface area contributed by atoms with Crippen molar-refractivity contribution in [3.05, 3.63) is 47.5 Å². The second kappa shape index (κ2) is 9.54. The second-order valence-electron chi connectivity index (χ2n) is 8.24. The lowest BCUT2D eigenvalue weighted by Crippen LogP contribution is -2.43. The molecule has 0 spiro atoms. The molecule has 0 saturated carbocycles. The van der Waals surface area contributed by atoms with Gasteiger partial charge < -0.3 is 24.4 Å². The lowest BCUT2D eigenvalue weighted by atomic mass is 9.98. The van der Waals surface area contributed by atoms with Crippen LogP contribution in [0.3, 0.4) is 0 Å². The van der Waals surface area contributed by atoms with Crippen LogP contribution in [0.2, 0.25) is 0 Å². The van der Waals surface area contributed by atoms with E-state index in [0.29, 0.717) is 43.0 Å². The number of aromatic nitrogens is 3. The van der Waals surface area contributed by atoms with Crippen LogP contribution in [0, 0.1) is 5.82 Å². The van der Waals surface area contributed by atoms with Gasteiger partial charge in [-0.15, -0.1) is 5.10 Å². The van der Waals surface area contributed by atoms with Gasteiger partial charge in [0.1, 0.15) is 11.5 Å². The Labute approximate surface area is 196 Å². The Morgan fingerprint density at radius 2 is 2.24 bits per heavy atom. The number of halogens is 1. The van der Waals surface area contributed by atoms with Crippen molar-refractivity contribution >= 4 is 28.9 Å². The van der Waals surface area contributed by atoms with Gasteiger partial charge in [-0.05, 0) is 50.2 Å². The summed E-state index contributed by atoms with van der Waals surface area (Å²) < 4.78 is 32.5. The molecule has 1 N–H and O–H groups in total. The van der Waals surface area contributed by atoms with Gasteiger partial charge in [-0.2, -0.15) is 0 Å². The van der Waals surface area contributed by atoms with Gasteiger partial charge in [-0.25, -0.2) is 9.07 Å². The number of hydrogen-bond acceptors (Lipinski definition) is 7. The first-order chi connectivity index (χ1) is 15.8. The fourth-order valence-electron chi connectivity index (χ4n) is 3.77. The number of amides is 1. The summed E-state index contributed by atoms with van der Waals surface area (Å²) in [4.78, 5) is 14.4. The van der Waals surface area contributed by atoms with Crippen molar-refractivity contribution in [1.82, 2.24) is 25.2 Å². The number of carbonyl (C=O) groups is 1. The molecule has 2 aliphatic rings. The van der Waals surface area contributed by atoms with Crippen LogP contribution in [0.4, 0.5) is 4.39 Å². The van der Waals surface area contributed by atoms with Crippen LogP contribution in [-0.4, -0.2) is 69.7 Å². The van der Waals surface area contributed by atoms with Crippen molar-refractivity contribution in [2.45, 2.75) is 38.7 Å². The van der Waals surface area contributed by atoms with Crippen molar-refractivity contribution in [2.24, 2.45) is 0 Å². The van der Waals surface area contributed by atoms with Crippen LogP contribution >= 0.6 is 12.2 Å². The Balaban J connectivity index is 1.40.